The first-order chi connectivity index (χ1) is 17.9. The molecular weight excluding hydrogens is 466 g/mol. The molecule has 0 spiro atoms. The number of amides is 2. The summed E-state index contributed by atoms with van der Waals surface area (Å²) in [5.74, 6) is -1.36. The van der Waals surface area contributed by atoms with E-state index in [9.17, 15) is 19.5 Å². The van der Waals surface area contributed by atoms with Gasteiger partial charge in [-0.25, -0.2) is 4.79 Å². The monoisotopic (exact) mass is 497 g/mol. The molecule has 1 heterocycles. The molecule has 0 bridgehead atoms. The Kier molecular flexibility index (Phi) is 6.95. The van der Waals surface area contributed by atoms with Crippen molar-refractivity contribution in [1.29, 1.82) is 0 Å². The van der Waals surface area contributed by atoms with E-state index in [1.807, 2.05) is 72.5 Å². The van der Waals surface area contributed by atoms with Gasteiger partial charge in [-0.2, -0.15) is 0 Å². The van der Waals surface area contributed by atoms with Gasteiger partial charge in [-0.05, 0) is 54.2 Å². The lowest BCUT2D eigenvalue weighted by Gasteiger charge is -2.24. The molecule has 0 radical (unpaired) electrons. The number of carboxylic acids is 1. The van der Waals surface area contributed by atoms with Crippen LogP contribution in [0.4, 0.5) is 11.4 Å². The van der Waals surface area contributed by atoms with Gasteiger partial charge in [0.2, 0.25) is 11.8 Å². The average molecular weight is 498 g/mol. The molecule has 2 atom stereocenters. The molecule has 190 valence electrons. The third kappa shape index (κ3) is 5.21. The minimum Gasteiger partial charge on any atom is -0.480 e. The van der Waals surface area contributed by atoms with Crippen LogP contribution < -0.4 is 10.6 Å². The lowest BCUT2D eigenvalue weighted by atomic mass is 10.0. The lowest BCUT2D eigenvalue weighted by Crippen LogP contribution is -2.38. The van der Waals surface area contributed by atoms with Gasteiger partial charge in [0.15, 0.2) is 0 Å². The molecule has 3 N–H and O–H groups in total. The second-order valence-electron chi connectivity index (χ2n) is 9.83. The summed E-state index contributed by atoms with van der Waals surface area (Å²) in [5.41, 5.74) is 5.78. The van der Waals surface area contributed by atoms with E-state index < -0.39 is 12.0 Å². The fourth-order valence-corrected chi connectivity index (χ4v) is 5.38. The van der Waals surface area contributed by atoms with Crippen molar-refractivity contribution in [2.24, 2.45) is 5.92 Å². The molecule has 0 aromatic heterocycles. The van der Waals surface area contributed by atoms with Crippen molar-refractivity contribution in [3.05, 3.63) is 83.9 Å². The molecule has 5 rings (SSSR count). The number of rotatable bonds is 8. The van der Waals surface area contributed by atoms with Crippen LogP contribution in [0.2, 0.25) is 0 Å². The number of hydrogen-bond acceptors (Lipinski definition) is 4. The van der Waals surface area contributed by atoms with E-state index in [0.717, 1.165) is 29.7 Å². The molecule has 37 heavy (non-hydrogen) atoms. The summed E-state index contributed by atoms with van der Waals surface area (Å²) in [6.45, 7) is 2.28. The minimum atomic E-state index is -0.892. The van der Waals surface area contributed by atoms with Gasteiger partial charge in [0.05, 0.1) is 5.92 Å². The van der Waals surface area contributed by atoms with E-state index in [4.69, 9.17) is 0 Å². The Hall–Kier alpha value is -4.13. The number of anilines is 2. The van der Waals surface area contributed by atoms with Crippen molar-refractivity contribution >= 4 is 29.2 Å². The van der Waals surface area contributed by atoms with Crippen LogP contribution in [-0.2, 0) is 27.2 Å². The van der Waals surface area contributed by atoms with E-state index in [-0.39, 0.29) is 30.2 Å². The number of carboxylic acid groups (broad SMARTS) is 1. The molecule has 1 fully saturated rings. The van der Waals surface area contributed by atoms with Crippen LogP contribution in [0.5, 0.6) is 0 Å². The quantitative estimate of drug-likeness (QED) is 0.423. The number of benzene rings is 3. The summed E-state index contributed by atoms with van der Waals surface area (Å²) >= 11 is 0. The zero-order chi connectivity index (χ0) is 25.9. The molecule has 2 aliphatic rings. The van der Waals surface area contributed by atoms with Gasteiger partial charge in [-0.1, -0.05) is 61.5 Å². The van der Waals surface area contributed by atoms with Gasteiger partial charge < -0.3 is 20.6 Å². The second-order valence-corrected chi connectivity index (χ2v) is 9.83. The SMILES string of the molecule is CCC(Nc1ccccc1-c1ccc(NC(=O)C2CC(=O)N(C3Cc4ccccc4C3)C2)cc1)C(=O)O. The largest absolute Gasteiger partial charge is 0.480 e. The fourth-order valence-electron chi connectivity index (χ4n) is 5.38. The molecule has 3 aromatic carbocycles. The Labute approximate surface area is 216 Å². The van der Waals surface area contributed by atoms with E-state index in [1.54, 1.807) is 0 Å². The third-order valence-electron chi connectivity index (χ3n) is 7.43. The van der Waals surface area contributed by atoms with Crippen LogP contribution in [0.3, 0.4) is 0 Å². The maximum Gasteiger partial charge on any atom is 0.326 e. The Morgan fingerprint density at radius 1 is 0.946 bits per heavy atom. The first-order valence-corrected chi connectivity index (χ1v) is 12.8. The third-order valence-corrected chi connectivity index (χ3v) is 7.43. The highest BCUT2D eigenvalue weighted by molar-refractivity contribution is 5.97. The average Bonchev–Trinajstić information content (AvgIpc) is 3.51. The normalized spacial score (nSPS) is 17.9. The van der Waals surface area contributed by atoms with Gasteiger partial charge in [-0.3, -0.25) is 9.59 Å². The Balaban J connectivity index is 1.22. The van der Waals surface area contributed by atoms with Crippen molar-refractivity contribution in [1.82, 2.24) is 4.90 Å². The number of fused-ring (bicyclic) bond motifs is 1. The van der Waals surface area contributed by atoms with E-state index >= 15 is 0 Å². The second kappa shape index (κ2) is 10.5. The van der Waals surface area contributed by atoms with Crippen LogP contribution in [0.15, 0.2) is 72.8 Å². The number of aliphatic carboxylic acids is 1. The molecular formula is C30H31N3O4. The van der Waals surface area contributed by atoms with Crippen LogP contribution in [-0.4, -0.2) is 46.4 Å². The predicted octanol–water partition coefficient (Wildman–Crippen LogP) is 4.58. The predicted molar refractivity (Wildman–Crippen MR) is 143 cm³/mol. The van der Waals surface area contributed by atoms with Crippen LogP contribution >= 0.6 is 0 Å². The maximum atomic E-state index is 13.0. The highest BCUT2D eigenvalue weighted by atomic mass is 16.4. The summed E-state index contributed by atoms with van der Waals surface area (Å²) in [6.07, 6.45) is 2.39. The van der Waals surface area contributed by atoms with Crippen molar-refractivity contribution < 1.29 is 19.5 Å². The standard InChI is InChI=1S/C30H31N3O4/c1-2-26(30(36)37)32-27-10-6-5-9-25(27)19-11-13-23(14-12-19)31-29(35)22-17-28(34)33(18-22)24-15-20-7-3-4-8-21(20)16-24/h3-14,22,24,26,32H,2,15-18H2,1H3,(H,31,35)(H,36,37). The van der Waals surface area contributed by atoms with Crippen LogP contribution in [0.1, 0.15) is 30.9 Å². The van der Waals surface area contributed by atoms with Gasteiger partial charge in [0.1, 0.15) is 6.04 Å². The lowest BCUT2D eigenvalue weighted by molar-refractivity contribution is -0.138. The van der Waals surface area contributed by atoms with Crippen LogP contribution in [0.25, 0.3) is 11.1 Å². The molecule has 1 aliphatic heterocycles. The number of nitrogens with one attached hydrogen (secondary N) is 2. The van der Waals surface area contributed by atoms with Crippen molar-refractivity contribution in [2.75, 3.05) is 17.2 Å². The molecule has 3 aromatic rings. The summed E-state index contributed by atoms with van der Waals surface area (Å²) < 4.78 is 0. The molecule has 7 nitrogen and oxygen atoms in total. The Morgan fingerprint density at radius 2 is 1.59 bits per heavy atom. The van der Waals surface area contributed by atoms with Crippen molar-refractivity contribution in [3.63, 3.8) is 0 Å². The molecule has 2 amide bonds. The van der Waals surface area contributed by atoms with Crippen molar-refractivity contribution in [2.45, 2.75) is 44.7 Å². The van der Waals surface area contributed by atoms with Crippen molar-refractivity contribution in [3.8, 4) is 11.1 Å². The first kappa shape index (κ1) is 24.6. The van der Waals surface area contributed by atoms with E-state index in [2.05, 4.69) is 22.8 Å². The number of para-hydroxylation sites is 1. The van der Waals surface area contributed by atoms with Crippen LogP contribution in [0, 0.1) is 5.92 Å². The highest BCUT2D eigenvalue weighted by Crippen LogP contribution is 2.32. The molecule has 7 heteroatoms. The number of carbonyl (C=O) groups is 3. The molecule has 1 aliphatic carbocycles. The summed E-state index contributed by atoms with van der Waals surface area (Å²) in [4.78, 5) is 39.1. The number of likely N-dealkylation sites (tertiary alicyclic amines) is 1. The maximum absolute atomic E-state index is 13.0. The van der Waals surface area contributed by atoms with E-state index in [0.29, 0.717) is 18.7 Å². The van der Waals surface area contributed by atoms with Gasteiger partial charge in [0.25, 0.3) is 0 Å². The van der Waals surface area contributed by atoms with Gasteiger partial charge >= 0.3 is 5.97 Å². The zero-order valence-electron chi connectivity index (χ0n) is 20.8. The van der Waals surface area contributed by atoms with Gasteiger partial charge in [-0.15, -0.1) is 0 Å². The zero-order valence-corrected chi connectivity index (χ0v) is 20.8. The highest BCUT2D eigenvalue weighted by Gasteiger charge is 2.39. The Morgan fingerprint density at radius 3 is 2.24 bits per heavy atom. The number of hydrogen-bond donors (Lipinski definition) is 3. The summed E-state index contributed by atoms with van der Waals surface area (Å²) in [7, 11) is 0. The smallest absolute Gasteiger partial charge is 0.326 e. The number of carbonyl (C=O) groups excluding carboxylic acids is 2. The first-order valence-electron chi connectivity index (χ1n) is 12.8. The van der Waals surface area contributed by atoms with E-state index in [1.165, 1.54) is 11.1 Å². The summed E-state index contributed by atoms with van der Waals surface area (Å²) in [6, 6.07) is 22.8. The minimum absolute atomic E-state index is 0.0455. The fraction of sp³-hybridized carbons (Fsp3) is 0.300. The summed E-state index contributed by atoms with van der Waals surface area (Å²) in [5, 5.41) is 15.5. The molecule has 1 saturated heterocycles. The molecule has 2 unspecified atom stereocenters. The van der Waals surface area contributed by atoms with Gasteiger partial charge in [0, 0.05) is 35.9 Å². The topological polar surface area (TPSA) is 98.7 Å². The molecule has 0 saturated carbocycles. The Bertz CT molecular complexity index is 1300. The number of nitrogens with zero attached hydrogens (tertiary/aromatic N) is 1.